The highest BCUT2D eigenvalue weighted by Gasteiger charge is 2.14. The molecular weight excluding hydrogens is 256 g/mol. The van der Waals surface area contributed by atoms with Crippen LogP contribution in [0.4, 0.5) is 0 Å². The summed E-state index contributed by atoms with van der Waals surface area (Å²) in [5.41, 5.74) is 2.91. The van der Waals surface area contributed by atoms with Crippen LogP contribution in [-0.2, 0) is 13.1 Å². The van der Waals surface area contributed by atoms with E-state index in [2.05, 4.69) is 74.8 Å². The molecule has 0 aliphatic carbocycles. The fraction of sp³-hybridized carbons (Fsp3) is 0.579. The van der Waals surface area contributed by atoms with Gasteiger partial charge in [0.05, 0.1) is 0 Å². The maximum Gasteiger partial charge on any atom is 0.0483 e. The van der Waals surface area contributed by atoms with E-state index in [9.17, 15) is 0 Å². The van der Waals surface area contributed by atoms with Crippen molar-refractivity contribution in [1.82, 2.24) is 9.88 Å². The van der Waals surface area contributed by atoms with Gasteiger partial charge in [0, 0.05) is 29.8 Å². The summed E-state index contributed by atoms with van der Waals surface area (Å²) in [5.74, 6) is 0.721. The molecule has 0 spiro atoms. The average molecular weight is 286 g/mol. The van der Waals surface area contributed by atoms with Crippen LogP contribution >= 0.6 is 0 Å². The van der Waals surface area contributed by atoms with E-state index in [1.165, 1.54) is 29.4 Å². The smallest absolute Gasteiger partial charge is 0.0483 e. The van der Waals surface area contributed by atoms with Crippen LogP contribution in [0.3, 0.4) is 0 Å². The van der Waals surface area contributed by atoms with Crippen molar-refractivity contribution in [2.24, 2.45) is 5.92 Å². The van der Waals surface area contributed by atoms with Crippen molar-refractivity contribution in [3.8, 4) is 0 Å². The molecule has 0 saturated carbocycles. The lowest BCUT2D eigenvalue weighted by atomic mass is 10.1. The Bertz CT molecular complexity index is 575. The van der Waals surface area contributed by atoms with E-state index in [0.29, 0.717) is 0 Å². The molecule has 1 aromatic heterocycles. The molecule has 0 saturated heterocycles. The third kappa shape index (κ3) is 4.34. The second-order valence-electron chi connectivity index (χ2n) is 7.30. The minimum atomic E-state index is 0.149. The maximum atomic E-state index is 3.62. The molecule has 0 fully saturated rings. The molecule has 0 radical (unpaired) electrons. The van der Waals surface area contributed by atoms with Gasteiger partial charge in [-0.1, -0.05) is 38.5 Å². The van der Waals surface area contributed by atoms with Crippen LogP contribution < -0.4 is 5.32 Å². The molecule has 1 atom stereocenters. The van der Waals surface area contributed by atoms with Crippen LogP contribution in [0.15, 0.2) is 30.3 Å². The minimum absolute atomic E-state index is 0.149. The van der Waals surface area contributed by atoms with Crippen LogP contribution in [0, 0.1) is 5.92 Å². The highest BCUT2D eigenvalue weighted by molar-refractivity contribution is 5.81. The first kappa shape index (κ1) is 16.1. The average Bonchev–Trinajstić information content (AvgIpc) is 2.74. The standard InChI is InChI=1S/C19H30N2/c1-6-9-15(2)14-21-17(13-20-19(3,4)5)12-16-10-7-8-11-18(16)21/h7-8,10-12,15,20H,6,9,13-14H2,1-5H3. The summed E-state index contributed by atoms with van der Waals surface area (Å²) >= 11 is 0. The molecule has 0 bridgehead atoms. The van der Waals surface area contributed by atoms with Crippen molar-refractivity contribution in [3.63, 3.8) is 0 Å². The van der Waals surface area contributed by atoms with Gasteiger partial charge < -0.3 is 9.88 Å². The topological polar surface area (TPSA) is 17.0 Å². The van der Waals surface area contributed by atoms with Crippen LogP contribution in [0.2, 0.25) is 0 Å². The van der Waals surface area contributed by atoms with Crippen LogP contribution in [0.5, 0.6) is 0 Å². The summed E-state index contributed by atoms with van der Waals surface area (Å²) in [7, 11) is 0. The van der Waals surface area contributed by atoms with Crippen LogP contribution in [0.25, 0.3) is 10.9 Å². The SMILES string of the molecule is CCCC(C)Cn1c(CNC(C)(C)C)cc2ccccc21. The number of para-hydroxylation sites is 1. The second-order valence-corrected chi connectivity index (χ2v) is 7.30. The molecule has 0 aliphatic rings. The molecule has 0 aliphatic heterocycles. The fourth-order valence-corrected chi connectivity index (χ4v) is 2.88. The van der Waals surface area contributed by atoms with Crippen molar-refractivity contribution in [2.45, 2.75) is 66.1 Å². The van der Waals surface area contributed by atoms with Gasteiger partial charge in [-0.3, -0.25) is 0 Å². The van der Waals surface area contributed by atoms with Gasteiger partial charge in [-0.25, -0.2) is 0 Å². The van der Waals surface area contributed by atoms with E-state index >= 15 is 0 Å². The van der Waals surface area contributed by atoms with Crippen molar-refractivity contribution >= 4 is 10.9 Å². The Hall–Kier alpha value is -1.28. The zero-order valence-electron chi connectivity index (χ0n) is 14.2. The zero-order chi connectivity index (χ0) is 15.5. The number of rotatable bonds is 6. The quantitative estimate of drug-likeness (QED) is 0.793. The summed E-state index contributed by atoms with van der Waals surface area (Å²) in [6.07, 6.45) is 2.55. The zero-order valence-corrected chi connectivity index (χ0v) is 14.2. The van der Waals surface area contributed by atoms with E-state index in [-0.39, 0.29) is 5.54 Å². The summed E-state index contributed by atoms with van der Waals surface area (Å²) < 4.78 is 2.51. The molecule has 1 N–H and O–H groups in total. The maximum absolute atomic E-state index is 3.62. The number of fused-ring (bicyclic) bond motifs is 1. The molecular formula is C19H30N2. The lowest BCUT2D eigenvalue weighted by Crippen LogP contribution is -2.35. The highest BCUT2D eigenvalue weighted by Crippen LogP contribution is 2.23. The number of benzene rings is 1. The monoisotopic (exact) mass is 286 g/mol. The molecule has 1 aromatic carbocycles. The van der Waals surface area contributed by atoms with Crippen LogP contribution in [0.1, 0.15) is 53.2 Å². The third-order valence-corrected chi connectivity index (χ3v) is 3.97. The van der Waals surface area contributed by atoms with Gasteiger partial charge in [0.25, 0.3) is 0 Å². The molecule has 1 unspecified atom stereocenters. The van der Waals surface area contributed by atoms with E-state index in [0.717, 1.165) is 19.0 Å². The minimum Gasteiger partial charge on any atom is -0.343 e. The highest BCUT2D eigenvalue weighted by atomic mass is 15.0. The van der Waals surface area contributed by atoms with Gasteiger partial charge in [-0.2, -0.15) is 0 Å². The predicted molar refractivity (Wildman–Crippen MR) is 92.6 cm³/mol. The Morgan fingerprint density at radius 3 is 2.57 bits per heavy atom. The number of nitrogens with one attached hydrogen (secondary N) is 1. The Morgan fingerprint density at radius 2 is 1.90 bits per heavy atom. The molecule has 2 heteroatoms. The Morgan fingerprint density at radius 1 is 1.19 bits per heavy atom. The number of aromatic nitrogens is 1. The van der Waals surface area contributed by atoms with Crippen LogP contribution in [-0.4, -0.2) is 10.1 Å². The number of hydrogen-bond acceptors (Lipinski definition) is 1. The molecule has 0 amide bonds. The summed E-state index contributed by atoms with van der Waals surface area (Å²) in [5, 5.41) is 4.98. The third-order valence-electron chi connectivity index (χ3n) is 3.97. The van der Waals surface area contributed by atoms with Gasteiger partial charge in [0.2, 0.25) is 0 Å². The van der Waals surface area contributed by atoms with Gasteiger partial charge in [0.15, 0.2) is 0 Å². The first-order valence-electron chi connectivity index (χ1n) is 8.23. The number of nitrogens with zero attached hydrogens (tertiary/aromatic N) is 1. The fourth-order valence-electron chi connectivity index (χ4n) is 2.88. The van der Waals surface area contributed by atoms with Crippen molar-refractivity contribution in [3.05, 3.63) is 36.0 Å². The normalized spacial score (nSPS) is 13.8. The lowest BCUT2D eigenvalue weighted by Gasteiger charge is -2.22. The second kappa shape index (κ2) is 6.65. The van der Waals surface area contributed by atoms with Gasteiger partial charge >= 0.3 is 0 Å². The van der Waals surface area contributed by atoms with E-state index in [1.54, 1.807) is 0 Å². The van der Waals surface area contributed by atoms with Gasteiger partial charge in [-0.05, 0) is 50.6 Å². The Labute approximate surface area is 129 Å². The van der Waals surface area contributed by atoms with E-state index in [4.69, 9.17) is 0 Å². The van der Waals surface area contributed by atoms with Gasteiger partial charge in [0.1, 0.15) is 0 Å². The van der Waals surface area contributed by atoms with Gasteiger partial charge in [-0.15, -0.1) is 0 Å². The summed E-state index contributed by atoms with van der Waals surface area (Å²) in [6.45, 7) is 13.3. The van der Waals surface area contributed by atoms with E-state index < -0.39 is 0 Å². The lowest BCUT2D eigenvalue weighted by molar-refractivity contribution is 0.402. The predicted octanol–water partition coefficient (Wildman–Crippen LogP) is 4.97. The first-order valence-corrected chi connectivity index (χ1v) is 8.23. The molecule has 21 heavy (non-hydrogen) atoms. The molecule has 2 nitrogen and oxygen atoms in total. The summed E-state index contributed by atoms with van der Waals surface area (Å²) in [6, 6.07) is 11.1. The van der Waals surface area contributed by atoms with Crippen molar-refractivity contribution in [1.29, 1.82) is 0 Å². The molecule has 116 valence electrons. The Balaban J connectivity index is 2.29. The number of hydrogen-bond donors (Lipinski definition) is 1. The molecule has 2 aromatic rings. The largest absolute Gasteiger partial charge is 0.343 e. The Kier molecular flexibility index (Phi) is 5.10. The van der Waals surface area contributed by atoms with E-state index in [1.807, 2.05) is 0 Å². The molecule has 2 rings (SSSR count). The molecule has 1 heterocycles. The first-order chi connectivity index (χ1) is 9.90. The summed E-state index contributed by atoms with van der Waals surface area (Å²) in [4.78, 5) is 0. The van der Waals surface area contributed by atoms with Crippen molar-refractivity contribution < 1.29 is 0 Å². The van der Waals surface area contributed by atoms with Crippen molar-refractivity contribution in [2.75, 3.05) is 0 Å².